The fourth-order valence-electron chi connectivity index (χ4n) is 11.4. The van der Waals surface area contributed by atoms with Crippen LogP contribution in [0.2, 0.25) is 0 Å². The number of aliphatic hydroxyl groups is 1. The van der Waals surface area contributed by atoms with Crippen LogP contribution in [0.5, 0.6) is 0 Å². The van der Waals surface area contributed by atoms with Crippen LogP contribution in [-0.2, 0) is 65.4 Å². The van der Waals surface area contributed by atoms with E-state index in [0.717, 1.165) is 141 Å². The van der Waals surface area contributed by atoms with Gasteiger partial charge in [0.1, 0.15) is 19.3 Å². The summed E-state index contributed by atoms with van der Waals surface area (Å²) in [6.07, 6.45) is 68.3. The second-order valence-corrected chi connectivity index (χ2v) is 30.3. The van der Waals surface area contributed by atoms with Gasteiger partial charge in [0, 0.05) is 25.7 Å². The third-order valence-electron chi connectivity index (χ3n) is 17.6. The van der Waals surface area contributed by atoms with Crippen molar-refractivity contribution < 1.29 is 80.2 Å². The maximum Gasteiger partial charge on any atom is 0.472 e. The van der Waals surface area contributed by atoms with Gasteiger partial charge < -0.3 is 33.8 Å². The van der Waals surface area contributed by atoms with Gasteiger partial charge in [-0.2, -0.15) is 0 Å². The number of ether oxygens (including phenoxy) is 4. The lowest BCUT2D eigenvalue weighted by molar-refractivity contribution is -0.161. The number of hydrogen-bond acceptors (Lipinski definition) is 15. The quantitative estimate of drug-likeness (QED) is 0.0169. The van der Waals surface area contributed by atoms with E-state index < -0.39 is 97.5 Å². The van der Waals surface area contributed by atoms with E-state index in [0.29, 0.717) is 25.7 Å². The largest absolute Gasteiger partial charge is 0.472 e. The summed E-state index contributed by atoms with van der Waals surface area (Å²) >= 11 is 0. The predicted molar refractivity (Wildman–Crippen MR) is 400 cm³/mol. The molecule has 0 aliphatic rings. The van der Waals surface area contributed by atoms with Gasteiger partial charge in [-0.05, 0) is 103 Å². The first-order valence-electron chi connectivity index (χ1n) is 40.2. The third-order valence-corrected chi connectivity index (χ3v) is 19.5. The molecule has 3 unspecified atom stereocenters. The lowest BCUT2D eigenvalue weighted by Gasteiger charge is -2.21. The summed E-state index contributed by atoms with van der Waals surface area (Å²) in [4.78, 5) is 72.9. The zero-order chi connectivity index (χ0) is 71.8. The Morgan fingerprint density at radius 1 is 0.276 bits per heavy atom. The first-order valence-corrected chi connectivity index (χ1v) is 43.2. The maximum atomic E-state index is 13.1. The molecule has 0 aliphatic carbocycles. The van der Waals surface area contributed by atoms with Crippen molar-refractivity contribution in [1.82, 2.24) is 0 Å². The Morgan fingerprint density at radius 2 is 0.469 bits per heavy atom. The Hall–Kier alpha value is -2.72. The number of carbonyl (C=O) groups is 4. The zero-order valence-corrected chi connectivity index (χ0v) is 64.8. The maximum absolute atomic E-state index is 13.1. The Balaban J connectivity index is 5.32. The molecule has 0 aliphatic heterocycles. The van der Waals surface area contributed by atoms with E-state index in [1.165, 1.54) is 167 Å². The van der Waals surface area contributed by atoms with Crippen molar-refractivity contribution in [3.8, 4) is 0 Å². The average Bonchev–Trinajstić information content (AvgIpc) is 1.04. The van der Waals surface area contributed by atoms with Crippen molar-refractivity contribution in [2.75, 3.05) is 39.6 Å². The fourth-order valence-corrected chi connectivity index (χ4v) is 13.0. The lowest BCUT2D eigenvalue weighted by atomic mass is 10.0. The Labute approximate surface area is 598 Å². The van der Waals surface area contributed by atoms with Crippen LogP contribution in [0.25, 0.3) is 0 Å². The molecule has 0 rings (SSSR count). The van der Waals surface area contributed by atoms with E-state index in [9.17, 15) is 43.2 Å². The normalized spacial score (nSPS) is 14.1. The molecule has 0 aromatic rings. The standard InChI is InChI=1S/C79H148O17P2/c1-5-9-13-17-21-25-29-33-36-40-43-47-51-55-59-63-76(81)89-69-74(95-78(83)65-61-57-53-49-45-39-32-28-24-20-16-12-8-4)71-93-97(85,86)91-67-73(80)68-92-98(87,88)94-72-75(96-79(84)66-62-58-54-50-46-42-38-35-31-27-23-19-15-11-7-3)70-90-77(82)64-60-56-52-48-44-41-37-34-30-26-22-18-14-10-6-2/h33-38,73-75,80H,5-32,39-72H2,1-4H3,(H,85,86)(H,87,88)/b36-33-,37-34-,38-35-/t73?,74-,75-/m1/s1. The van der Waals surface area contributed by atoms with E-state index in [-0.39, 0.29) is 25.7 Å². The molecule has 0 aromatic heterocycles. The lowest BCUT2D eigenvalue weighted by Crippen LogP contribution is -2.30. The summed E-state index contributed by atoms with van der Waals surface area (Å²) in [6, 6.07) is 0. The van der Waals surface area contributed by atoms with Crippen LogP contribution >= 0.6 is 15.6 Å². The average molecular weight is 1430 g/mol. The number of carbonyl (C=O) groups excluding carboxylic acids is 4. The number of phosphoric ester groups is 2. The van der Waals surface area contributed by atoms with Gasteiger partial charge in [-0.25, -0.2) is 9.13 Å². The van der Waals surface area contributed by atoms with Crippen LogP contribution in [0.15, 0.2) is 36.5 Å². The summed E-state index contributed by atoms with van der Waals surface area (Å²) in [5.74, 6) is -2.16. The van der Waals surface area contributed by atoms with Crippen molar-refractivity contribution in [1.29, 1.82) is 0 Å². The van der Waals surface area contributed by atoms with Crippen molar-refractivity contribution in [3.63, 3.8) is 0 Å². The molecule has 5 atom stereocenters. The van der Waals surface area contributed by atoms with E-state index >= 15 is 0 Å². The number of allylic oxidation sites excluding steroid dienone is 6. The summed E-state index contributed by atoms with van der Waals surface area (Å²) in [5.41, 5.74) is 0. The van der Waals surface area contributed by atoms with Crippen LogP contribution in [0, 0.1) is 0 Å². The molecule has 19 heteroatoms. The molecule has 0 bridgehead atoms. The van der Waals surface area contributed by atoms with Crippen molar-refractivity contribution in [2.45, 2.75) is 406 Å². The second kappa shape index (κ2) is 72.6. The van der Waals surface area contributed by atoms with Crippen molar-refractivity contribution in [3.05, 3.63) is 36.5 Å². The molecular weight excluding hydrogens is 1280 g/mol. The van der Waals surface area contributed by atoms with Gasteiger partial charge in [-0.3, -0.25) is 37.3 Å². The summed E-state index contributed by atoms with van der Waals surface area (Å²) < 4.78 is 68.6. The number of rotatable bonds is 77. The molecule has 0 radical (unpaired) electrons. The zero-order valence-electron chi connectivity index (χ0n) is 63.0. The Kier molecular flexibility index (Phi) is 70.6. The van der Waals surface area contributed by atoms with Gasteiger partial charge in [0.2, 0.25) is 0 Å². The van der Waals surface area contributed by atoms with Crippen molar-refractivity contribution in [2.24, 2.45) is 0 Å². The van der Waals surface area contributed by atoms with Gasteiger partial charge in [0.25, 0.3) is 0 Å². The molecule has 0 fully saturated rings. The molecule has 98 heavy (non-hydrogen) atoms. The van der Waals surface area contributed by atoms with Gasteiger partial charge in [0.05, 0.1) is 26.4 Å². The topological polar surface area (TPSA) is 237 Å². The highest BCUT2D eigenvalue weighted by atomic mass is 31.2. The number of hydrogen-bond donors (Lipinski definition) is 3. The molecule has 3 N–H and O–H groups in total. The van der Waals surface area contributed by atoms with Gasteiger partial charge >= 0.3 is 39.5 Å². The van der Waals surface area contributed by atoms with E-state index in [1.54, 1.807) is 0 Å². The summed E-state index contributed by atoms with van der Waals surface area (Å²) in [6.45, 7) is 4.92. The molecule has 0 heterocycles. The Morgan fingerprint density at radius 3 is 0.704 bits per heavy atom. The minimum atomic E-state index is -4.97. The minimum Gasteiger partial charge on any atom is -0.462 e. The SMILES string of the molecule is CCCCCCCC/C=C\CCCCCCCC(=O)OC[C@H](COP(=O)(O)OCC(O)COP(=O)(O)OC[C@@H](COC(=O)CCCCCCC/C=C\CCCCCCCC)OC(=O)CCCCCCCCCCCCCCC)OC(=O)CCCCCCC/C=C\CCCCCCCC. The minimum absolute atomic E-state index is 0.0898. The van der Waals surface area contributed by atoms with E-state index in [2.05, 4.69) is 64.2 Å². The second-order valence-electron chi connectivity index (χ2n) is 27.4. The molecule has 0 amide bonds. The molecule has 0 spiro atoms. The van der Waals surface area contributed by atoms with Gasteiger partial charge in [0.15, 0.2) is 12.2 Å². The number of aliphatic hydroxyl groups excluding tert-OH is 1. The van der Waals surface area contributed by atoms with Gasteiger partial charge in [-0.1, -0.05) is 295 Å². The van der Waals surface area contributed by atoms with Crippen LogP contribution < -0.4 is 0 Å². The van der Waals surface area contributed by atoms with Crippen LogP contribution in [0.1, 0.15) is 387 Å². The smallest absolute Gasteiger partial charge is 0.462 e. The number of phosphoric acid groups is 2. The van der Waals surface area contributed by atoms with Crippen LogP contribution in [0.3, 0.4) is 0 Å². The van der Waals surface area contributed by atoms with Crippen LogP contribution in [-0.4, -0.2) is 96.7 Å². The first kappa shape index (κ1) is 95.3. The highest BCUT2D eigenvalue weighted by Gasteiger charge is 2.30. The summed E-state index contributed by atoms with van der Waals surface area (Å²) in [7, 11) is -9.93. The highest BCUT2D eigenvalue weighted by Crippen LogP contribution is 2.45. The summed E-state index contributed by atoms with van der Waals surface area (Å²) in [5, 5.41) is 10.6. The highest BCUT2D eigenvalue weighted by molar-refractivity contribution is 7.47. The monoisotopic (exact) mass is 1430 g/mol. The molecular formula is C79H148O17P2. The Bertz CT molecular complexity index is 2000. The van der Waals surface area contributed by atoms with Crippen LogP contribution in [0.4, 0.5) is 0 Å². The molecule has 0 saturated heterocycles. The van der Waals surface area contributed by atoms with E-state index in [1.807, 2.05) is 0 Å². The predicted octanol–water partition coefficient (Wildman–Crippen LogP) is 23.1. The van der Waals surface area contributed by atoms with Crippen molar-refractivity contribution >= 4 is 39.5 Å². The first-order chi connectivity index (χ1) is 47.7. The number of esters is 4. The molecule has 17 nitrogen and oxygen atoms in total. The van der Waals surface area contributed by atoms with Gasteiger partial charge in [-0.15, -0.1) is 0 Å². The molecule has 576 valence electrons. The van der Waals surface area contributed by atoms with E-state index in [4.69, 9.17) is 37.0 Å². The third kappa shape index (κ3) is 71.7. The molecule has 0 aromatic carbocycles. The fraction of sp³-hybridized carbons (Fsp3) is 0.873. The number of unbranched alkanes of at least 4 members (excludes halogenated alkanes) is 45. The molecule has 0 saturated carbocycles.